The van der Waals surface area contributed by atoms with Gasteiger partial charge in [0.1, 0.15) is 5.75 Å². The standard InChI is InChI=1S/C16H26N2O/c1-4-14-9-16(19-3)6-5-15(14)12-18-8-7-13(11-18)10-17-2/h5-6,9,13,17H,4,7-8,10-12H2,1-3H3. The summed E-state index contributed by atoms with van der Waals surface area (Å²) in [6.45, 7) is 6.87. The van der Waals surface area contributed by atoms with Gasteiger partial charge in [-0.05, 0) is 62.2 Å². The Hall–Kier alpha value is -1.06. The number of ether oxygens (including phenoxy) is 1. The van der Waals surface area contributed by atoms with Crippen molar-refractivity contribution >= 4 is 0 Å². The van der Waals surface area contributed by atoms with Crippen molar-refractivity contribution in [3.63, 3.8) is 0 Å². The summed E-state index contributed by atoms with van der Waals surface area (Å²) >= 11 is 0. The van der Waals surface area contributed by atoms with Crippen LogP contribution in [0.15, 0.2) is 18.2 Å². The van der Waals surface area contributed by atoms with Gasteiger partial charge in [0.25, 0.3) is 0 Å². The molecule has 0 aliphatic carbocycles. The highest BCUT2D eigenvalue weighted by atomic mass is 16.5. The van der Waals surface area contributed by atoms with Crippen LogP contribution in [0, 0.1) is 5.92 Å². The third-order valence-corrected chi connectivity index (χ3v) is 4.05. The smallest absolute Gasteiger partial charge is 0.119 e. The molecule has 0 bridgehead atoms. The summed E-state index contributed by atoms with van der Waals surface area (Å²) in [4.78, 5) is 2.57. The molecule has 1 atom stereocenters. The van der Waals surface area contributed by atoms with E-state index in [2.05, 4.69) is 35.3 Å². The molecule has 1 aliphatic rings. The fourth-order valence-electron chi connectivity index (χ4n) is 2.97. The number of nitrogens with zero attached hydrogens (tertiary/aromatic N) is 1. The summed E-state index contributed by atoms with van der Waals surface area (Å²) in [6, 6.07) is 6.48. The molecule has 0 amide bonds. The van der Waals surface area contributed by atoms with Gasteiger partial charge in [-0.2, -0.15) is 0 Å². The minimum Gasteiger partial charge on any atom is -0.497 e. The van der Waals surface area contributed by atoms with Crippen molar-refractivity contribution < 1.29 is 4.74 Å². The maximum Gasteiger partial charge on any atom is 0.119 e. The Balaban J connectivity index is 1.99. The predicted molar refractivity (Wildman–Crippen MR) is 79.7 cm³/mol. The SMILES string of the molecule is CCc1cc(OC)ccc1CN1CCC(CNC)C1. The Morgan fingerprint density at radius 2 is 2.21 bits per heavy atom. The van der Waals surface area contributed by atoms with Crippen molar-refractivity contribution in [3.8, 4) is 5.75 Å². The van der Waals surface area contributed by atoms with Crippen LogP contribution >= 0.6 is 0 Å². The molecule has 0 radical (unpaired) electrons. The molecule has 1 heterocycles. The molecule has 1 aliphatic heterocycles. The number of benzene rings is 1. The Labute approximate surface area is 116 Å². The van der Waals surface area contributed by atoms with Gasteiger partial charge in [0, 0.05) is 13.1 Å². The minimum atomic E-state index is 0.813. The van der Waals surface area contributed by atoms with E-state index in [4.69, 9.17) is 4.74 Å². The number of methoxy groups -OCH3 is 1. The number of aryl methyl sites for hydroxylation is 1. The van der Waals surface area contributed by atoms with E-state index in [0.717, 1.165) is 31.2 Å². The Bertz CT molecular complexity index is 406. The first-order chi connectivity index (χ1) is 9.26. The topological polar surface area (TPSA) is 24.5 Å². The maximum absolute atomic E-state index is 5.31. The lowest BCUT2D eigenvalue weighted by molar-refractivity contribution is 0.314. The van der Waals surface area contributed by atoms with Crippen LogP contribution in [0.3, 0.4) is 0 Å². The van der Waals surface area contributed by atoms with Gasteiger partial charge in [-0.15, -0.1) is 0 Å². The lowest BCUT2D eigenvalue weighted by Crippen LogP contribution is -2.24. The minimum absolute atomic E-state index is 0.813. The molecule has 3 nitrogen and oxygen atoms in total. The van der Waals surface area contributed by atoms with Gasteiger partial charge in [0.15, 0.2) is 0 Å². The molecule has 1 fully saturated rings. The normalized spacial score (nSPS) is 19.8. The first-order valence-corrected chi connectivity index (χ1v) is 7.29. The van der Waals surface area contributed by atoms with Gasteiger partial charge in [-0.1, -0.05) is 13.0 Å². The van der Waals surface area contributed by atoms with Gasteiger partial charge < -0.3 is 10.1 Å². The highest BCUT2D eigenvalue weighted by Crippen LogP contribution is 2.23. The third-order valence-electron chi connectivity index (χ3n) is 4.05. The fourth-order valence-corrected chi connectivity index (χ4v) is 2.97. The van der Waals surface area contributed by atoms with Crippen molar-refractivity contribution in [1.82, 2.24) is 10.2 Å². The van der Waals surface area contributed by atoms with Crippen LogP contribution in [-0.4, -0.2) is 38.7 Å². The molecule has 0 spiro atoms. The number of rotatable bonds is 6. The zero-order chi connectivity index (χ0) is 13.7. The van der Waals surface area contributed by atoms with Crippen molar-refractivity contribution in [3.05, 3.63) is 29.3 Å². The fraction of sp³-hybridized carbons (Fsp3) is 0.625. The van der Waals surface area contributed by atoms with E-state index in [9.17, 15) is 0 Å². The van der Waals surface area contributed by atoms with E-state index in [0.29, 0.717) is 0 Å². The summed E-state index contributed by atoms with van der Waals surface area (Å²) in [5.74, 6) is 1.78. The third kappa shape index (κ3) is 3.71. The average Bonchev–Trinajstić information content (AvgIpc) is 2.87. The molecule has 0 saturated carbocycles. The molecular weight excluding hydrogens is 236 g/mol. The van der Waals surface area contributed by atoms with Crippen molar-refractivity contribution in [2.75, 3.05) is 33.8 Å². The molecule has 106 valence electrons. The number of likely N-dealkylation sites (tertiary alicyclic amines) is 1. The van der Waals surface area contributed by atoms with Gasteiger partial charge in [-0.25, -0.2) is 0 Å². The monoisotopic (exact) mass is 262 g/mol. The zero-order valence-electron chi connectivity index (χ0n) is 12.4. The second-order valence-electron chi connectivity index (χ2n) is 5.44. The van der Waals surface area contributed by atoms with E-state index in [1.165, 1.54) is 30.6 Å². The quantitative estimate of drug-likeness (QED) is 0.851. The molecular formula is C16H26N2O. The zero-order valence-corrected chi connectivity index (χ0v) is 12.4. The maximum atomic E-state index is 5.31. The molecule has 3 heteroatoms. The summed E-state index contributed by atoms with van der Waals surface area (Å²) in [6.07, 6.45) is 2.39. The van der Waals surface area contributed by atoms with Crippen LogP contribution in [0.1, 0.15) is 24.5 Å². The second-order valence-corrected chi connectivity index (χ2v) is 5.44. The van der Waals surface area contributed by atoms with Crippen LogP contribution in [0.25, 0.3) is 0 Å². The molecule has 2 rings (SSSR count). The first-order valence-electron chi connectivity index (χ1n) is 7.29. The number of hydrogen-bond acceptors (Lipinski definition) is 3. The molecule has 1 saturated heterocycles. The van der Waals surface area contributed by atoms with Gasteiger partial charge in [0.05, 0.1) is 7.11 Å². The Morgan fingerprint density at radius 1 is 1.37 bits per heavy atom. The summed E-state index contributed by atoms with van der Waals surface area (Å²) < 4.78 is 5.31. The van der Waals surface area contributed by atoms with Crippen LogP contribution in [0.2, 0.25) is 0 Å². The highest BCUT2D eigenvalue weighted by Gasteiger charge is 2.22. The molecule has 1 unspecified atom stereocenters. The molecule has 19 heavy (non-hydrogen) atoms. The summed E-state index contributed by atoms with van der Waals surface area (Å²) in [5, 5.41) is 3.29. The highest BCUT2D eigenvalue weighted by molar-refractivity contribution is 5.35. The van der Waals surface area contributed by atoms with E-state index in [-0.39, 0.29) is 0 Å². The van der Waals surface area contributed by atoms with E-state index in [1.54, 1.807) is 7.11 Å². The van der Waals surface area contributed by atoms with E-state index < -0.39 is 0 Å². The van der Waals surface area contributed by atoms with Crippen LogP contribution < -0.4 is 10.1 Å². The number of nitrogens with one attached hydrogen (secondary N) is 1. The van der Waals surface area contributed by atoms with Crippen molar-refractivity contribution in [1.29, 1.82) is 0 Å². The Kier molecular flexibility index (Phi) is 5.23. The average molecular weight is 262 g/mol. The van der Waals surface area contributed by atoms with Crippen LogP contribution in [0.5, 0.6) is 5.75 Å². The summed E-state index contributed by atoms with van der Waals surface area (Å²) in [7, 11) is 3.78. The van der Waals surface area contributed by atoms with Crippen LogP contribution in [0.4, 0.5) is 0 Å². The largest absolute Gasteiger partial charge is 0.497 e. The molecule has 1 aromatic rings. The second kappa shape index (κ2) is 6.92. The first kappa shape index (κ1) is 14.4. The molecule has 1 aromatic carbocycles. The lowest BCUT2D eigenvalue weighted by atomic mass is 10.0. The van der Waals surface area contributed by atoms with Crippen molar-refractivity contribution in [2.45, 2.75) is 26.3 Å². The Morgan fingerprint density at radius 3 is 2.89 bits per heavy atom. The summed E-state index contributed by atoms with van der Waals surface area (Å²) in [5.41, 5.74) is 2.87. The van der Waals surface area contributed by atoms with Gasteiger partial charge in [0.2, 0.25) is 0 Å². The van der Waals surface area contributed by atoms with Gasteiger partial charge in [-0.3, -0.25) is 4.90 Å². The number of hydrogen-bond donors (Lipinski definition) is 1. The van der Waals surface area contributed by atoms with Gasteiger partial charge >= 0.3 is 0 Å². The molecule has 0 aromatic heterocycles. The van der Waals surface area contributed by atoms with Crippen molar-refractivity contribution in [2.24, 2.45) is 5.92 Å². The van der Waals surface area contributed by atoms with E-state index >= 15 is 0 Å². The van der Waals surface area contributed by atoms with E-state index in [1.807, 2.05) is 7.05 Å². The predicted octanol–water partition coefficient (Wildman–Crippen LogP) is 2.30. The molecule has 1 N–H and O–H groups in total. The lowest BCUT2D eigenvalue weighted by Gasteiger charge is -2.18. The van der Waals surface area contributed by atoms with Crippen LogP contribution in [-0.2, 0) is 13.0 Å².